The van der Waals surface area contributed by atoms with Gasteiger partial charge in [-0.15, -0.1) is 8.78 Å². The SMILES string of the molecule is N[C@@H](c1ccc2c(c1)OC(F)(F)O2)C(F)(F)F. The van der Waals surface area contributed by atoms with Crippen LogP contribution in [0.25, 0.3) is 0 Å². The lowest BCUT2D eigenvalue weighted by molar-refractivity contribution is -0.286. The van der Waals surface area contributed by atoms with E-state index in [1.54, 1.807) is 0 Å². The van der Waals surface area contributed by atoms with Crippen molar-refractivity contribution in [1.29, 1.82) is 0 Å². The molecular formula is C9H6F5NO2. The van der Waals surface area contributed by atoms with E-state index in [0.717, 1.165) is 18.2 Å². The number of fused-ring (bicyclic) bond motifs is 1. The van der Waals surface area contributed by atoms with Gasteiger partial charge in [0.15, 0.2) is 11.5 Å². The molecule has 1 aromatic rings. The molecule has 0 bridgehead atoms. The molecule has 2 N–H and O–H groups in total. The molecule has 0 aromatic heterocycles. The minimum absolute atomic E-state index is 0.326. The van der Waals surface area contributed by atoms with Gasteiger partial charge in [0.05, 0.1) is 0 Å². The number of hydrogen-bond donors (Lipinski definition) is 1. The molecule has 1 aromatic carbocycles. The van der Waals surface area contributed by atoms with Gasteiger partial charge in [-0.1, -0.05) is 6.07 Å². The Morgan fingerprint density at radius 1 is 1.12 bits per heavy atom. The summed E-state index contributed by atoms with van der Waals surface area (Å²) in [5.41, 5.74) is 4.55. The summed E-state index contributed by atoms with van der Waals surface area (Å²) >= 11 is 0. The molecule has 1 aliphatic heterocycles. The standard InChI is InChI=1S/C9H6F5NO2/c10-8(11,12)7(15)4-1-2-5-6(3-4)17-9(13,14)16-5/h1-3,7H,15H2/t7-/m0/s1. The van der Waals surface area contributed by atoms with Crippen molar-refractivity contribution in [2.45, 2.75) is 18.5 Å². The fraction of sp³-hybridized carbons (Fsp3) is 0.333. The summed E-state index contributed by atoms with van der Waals surface area (Å²) in [6.07, 6.45) is -8.51. The van der Waals surface area contributed by atoms with Crippen LogP contribution in [0, 0.1) is 0 Å². The third kappa shape index (κ3) is 2.26. The summed E-state index contributed by atoms with van der Waals surface area (Å²) in [5, 5.41) is 0. The van der Waals surface area contributed by atoms with Gasteiger partial charge < -0.3 is 15.2 Å². The van der Waals surface area contributed by atoms with Gasteiger partial charge in [0.2, 0.25) is 0 Å². The van der Waals surface area contributed by atoms with Gasteiger partial charge in [-0.2, -0.15) is 13.2 Å². The van der Waals surface area contributed by atoms with E-state index in [-0.39, 0.29) is 11.3 Å². The number of hydrogen-bond acceptors (Lipinski definition) is 3. The molecule has 3 nitrogen and oxygen atoms in total. The Morgan fingerprint density at radius 3 is 2.29 bits per heavy atom. The van der Waals surface area contributed by atoms with Crippen LogP contribution < -0.4 is 15.2 Å². The van der Waals surface area contributed by atoms with Crippen LogP contribution in [0.2, 0.25) is 0 Å². The van der Waals surface area contributed by atoms with Crippen LogP contribution in [0.1, 0.15) is 11.6 Å². The average molecular weight is 255 g/mol. The predicted molar refractivity (Wildman–Crippen MR) is 45.6 cm³/mol. The first-order valence-corrected chi connectivity index (χ1v) is 4.41. The monoisotopic (exact) mass is 255 g/mol. The van der Waals surface area contributed by atoms with Crippen LogP contribution in [0.5, 0.6) is 11.5 Å². The normalized spacial score (nSPS) is 19.2. The molecular weight excluding hydrogens is 249 g/mol. The topological polar surface area (TPSA) is 44.5 Å². The van der Waals surface area contributed by atoms with E-state index in [4.69, 9.17) is 5.73 Å². The quantitative estimate of drug-likeness (QED) is 0.784. The lowest BCUT2D eigenvalue weighted by Crippen LogP contribution is -2.28. The first kappa shape index (κ1) is 11.9. The Hall–Kier alpha value is -1.57. The van der Waals surface area contributed by atoms with Gasteiger partial charge in [0, 0.05) is 0 Å². The van der Waals surface area contributed by atoms with Gasteiger partial charge in [-0.05, 0) is 17.7 Å². The molecule has 0 saturated heterocycles. The van der Waals surface area contributed by atoms with E-state index < -0.39 is 24.3 Å². The summed E-state index contributed by atoms with van der Waals surface area (Å²) in [5.74, 6) is -0.791. The van der Waals surface area contributed by atoms with Gasteiger partial charge >= 0.3 is 12.5 Å². The molecule has 0 amide bonds. The van der Waals surface area contributed by atoms with E-state index >= 15 is 0 Å². The maximum Gasteiger partial charge on any atom is 0.586 e. The molecule has 0 saturated carbocycles. The van der Waals surface area contributed by atoms with E-state index in [2.05, 4.69) is 9.47 Å². The average Bonchev–Trinajstić information content (AvgIpc) is 2.47. The van der Waals surface area contributed by atoms with Gasteiger partial charge in [-0.3, -0.25) is 0 Å². The van der Waals surface area contributed by atoms with Crippen molar-refractivity contribution in [3.63, 3.8) is 0 Å². The molecule has 1 aliphatic rings. The van der Waals surface area contributed by atoms with Crippen molar-refractivity contribution in [3.05, 3.63) is 23.8 Å². The molecule has 1 atom stereocenters. The summed E-state index contributed by atoms with van der Waals surface area (Å²) in [4.78, 5) is 0. The van der Waals surface area contributed by atoms with Crippen LogP contribution in [-0.2, 0) is 0 Å². The van der Waals surface area contributed by atoms with Gasteiger partial charge in [-0.25, -0.2) is 0 Å². The summed E-state index contributed by atoms with van der Waals surface area (Å²) in [7, 11) is 0. The third-order valence-electron chi connectivity index (χ3n) is 2.14. The van der Waals surface area contributed by atoms with Crippen LogP contribution >= 0.6 is 0 Å². The number of alkyl halides is 5. The maximum atomic E-state index is 12.6. The van der Waals surface area contributed by atoms with Crippen molar-refractivity contribution in [3.8, 4) is 11.5 Å². The molecule has 0 unspecified atom stereocenters. The molecule has 94 valence electrons. The molecule has 0 aliphatic carbocycles. The summed E-state index contributed by atoms with van der Waals surface area (Å²) in [6, 6.07) is 0.443. The van der Waals surface area contributed by atoms with Crippen molar-refractivity contribution in [2.24, 2.45) is 5.73 Å². The second-order valence-corrected chi connectivity index (χ2v) is 3.39. The molecule has 0 radical (unpaired) electrons. The number of nitrogens with two attached hydrogens (primary N) is 1. The minimum Gasteiger partial charge on any atom is -0.395 e. The third-order valence-corrected chi connectivity index (χ3v) is 2.14. The van der Waals surface area contributed by atoms with E-state index in [1.165, 1.54) is 0 Å². The summed E-state index contributed by atoms with van der Waals surface area (Å²) in [6.45, 7) is 0. The summed E-state index contributed by atoms with van der Waals surface area (Å²) < 4.78 is 70.1. The highest BCUT2D eigenvalue weighted by Crippen LogP contribution is 2.43. The lowest BCUT2D eigenvalue weighted by Gasteiger charge is -2.15. The molecule has 1 heterocycles. The fourth-order valence-electron chi connectivity index (χ4n) is 1.35. The second kappa shape index (κ2) is 3.46. The largest absolute Gasteiger partial charge is 0.586 e. The fourth-order valence-corrected chi connectivity index (χ4v) is 1.35. The van der Waals surface area contributed by atoms with E-state index in [9.17, 15) is 22.0 Å². The molecule has 17 heavy (non-hydrogen) atoms. The van der Waals surface area contributed by atoms with Crippen LogP contribution in [0.4, 0.5) is 22.0 Å². The van der Waals surface area contributed by atoms with Gasteiger partial charge in [0.1, 0.15) is 6.04 Å². The van der Waals surface area contributed by atoms with Crippen molar-refractivity contribution >= 4 is 0 Å². The molecule has 2 rings (SSSR count). The molecule has 0 fully saturated rings. The highest BCUT2D eigenvalue weighted by atomic mass is 19.4. The van der Waals surface area contributed by atoms with Crippen molar-refractivity contribution < 1.29 is 31.4 Å². The number of halogens is 5. The van der Waals surface area contributed by atoms with Crippen molar-refractivity contribution in [2.75, 3.05) is 0 Å². The Morgan fingerprint density at radius 2 is 1.71 bits per heavy atom. The Balaban J connectivity index is 2.31. The Kier molecular flexibility index (Phi) is 2.42. The first-order valence-electron chi connectivity index (χ1n) is 4.41. The zero-order chi connectivity index (χ0) is 12.8. The maximum absolute atomic E-state index is 12.6. The zero-order valence-electron chi connectivity index (χ0n) is 8.09. The number of ether oxygens (including phenoxy) is 2. The lowest BCUT2D eigenvalue weighted by atomic mass is 10.1. The smallest absolute Gasteiger partial charge is 0.395 e. The highest BCUT2D eigenvalue weighted by Gasteiger charge is 2.44. The Bertz CT molecular complexity index is 446. The second-order valence-electron chi connectivity index (χ2n) is 3.39. The highest BCUT2D eigenvalue weighted by molar-refractivity contribution is 5.46. The Labute approximate surface area is 91.9 Å². The molecule has 8 heteroatoms. The van der Waals surface area contributed by atoms with Crippen molar-refractivity contribution in [1.82, 2.24) is 0 Å². The molecule has 0 spiro atoms. The predicted octanol–water partition coefficient (Wildman–Crippen LogP) is 2.57. The van der Waals surface area contributed by atoms with Crippen LogP contribution in [0.3, 0.4) is 0 Å². The first-order chi connectivity index (χ1) is 7.69. The van der Waals surface area contributed by atoms with Crippen LogP contribution in [0.15, 0.2) is 18.2 Å². The van der Waals surface area contributed by atoms with E-state index in [0.29, 0.717) is 0 Å². The number of rotatable bonds is 1. The number of benzene rings is 1. The van der Waals surface area contributed by atoms with Gasteiger partial charge in [0.25, 0.3) is 0 Å². The van der Waals surface area contributed by atoms with Crippen LogP contribution in [-0.4, -0.2) is 12.5 Å². The zero-order valence-corrected chi connectivity index (χ0v) is 8.09. The minimum atomic E-state index is -4.66. The van der Waals surface area contributed by atoms with E-state index in [1.807, 2.05) is 0 Å².